The number of fused-ring (bicyclic) bond motifs is 1. The first-order valence-corrected chi connectivity index (χ1v) is 8.35. The van der Waals surface area contributed by atoms with Crippen LogP contribution in [0.1, 0.15) is 11.7 Å². The van der Waals surface area contributed by atoms with E-state index in [1.807, 2.05) is 0 Å². The Morgan fingerprint density at radius 3 is 2.88 bits per heavy atom. The molecule has 1 fully saturated rings. The maximum Gasteiger partial charge on any atom is 0.469 e. The van der Waals surface area contributed by atoms with Gasteiger partial charge in [-0.3, -0.25) is 4.52 Å². The van der Waals surface area contributed by atoms with Gasteiger partial charge in [0.05, 0.1) is 12.8 Å². The molecule has 0 radical (unpaired) electrons. The number of hydrogen-bond donors (Lipinski definition) is 4. The van der Waals surface area contributed by atoms with Gasteiger partial charge < -0.3 is 30.1 Å². The van der Waals surface area contributed by atoms with Gasteiger partial charge in [-0.1, -0.05) is 0 Å². The molecule has 2 aromatic rings. The smallest absolute Gasteiger partial charge is 0.387 e. The second-order valence-electron chi connectivity index (χ2n) is 5.14. The van der Waals surface area contributed by atoms with E-state index in [0.717, 1.165) is 0 Å². The number of nitrogens with zero attached hydrogens (tertiary/aromatic N) is 4. The number of anilines is 1. The topological polar surface area (TPSA) is 175 Å². The van der Waals surface area contributed by atoms with Gasteiger partial charge in [0.2, 0.25) is 5.95 Å². The van der Waals surface area contributed by atoms with Crippen LogP contribution in [0.15, 0.2) is 12.5 Å². The van der Waals surface area contributed by atoms with Crippen LogP contribution in [-0.2, 0) is 18.6 Å². The summed E-state index contributed by atoms with van der Waals surface area (Å²) in [6, 6.07) is 0. The van der Waals surface area contributed by atoms with Gasteiger partial charge in [-0.25, -0.2) is 14.5 Å². The van der Waals surface area contributed by atoms with Crippen molar-refractivity contribution in [2.45, 2.75) is 24.4 Å². The molecule has 1 saturated heterocycles. The summed E-state index contributed by atoms with van der Waals surface area (Å²) in [5.41, 5.74) is 6.57. The van der Waals surface area contributed by atoms with E-state index in [2.05, 4.69) is 19.6 Å². The number of nitrogens with two attached hydrogens (primary N) is 1. The van der Waals surface area contributed by atoms with Crippen molar-refractivity contribution in [2.75, 3.05) is 19.5 Å². The van der Waals surface area contributed by atoms with Crippen molar-refractivity contribution in [1.29, 1.82) is 0 Å². The van der Waals surface area contributed by atoms with Gasteiger partial charge >= 0.3 is 7.82 Å². The van der Waals surface area contributed by atoms with E-state index in [0.29, 0.717) is 11.2 Å². The Kier molecular flexibility index (Phi) is 4.53. The molecule has 1 aliphatic heterocycles. The monoisotopic (exact) mass is 361 g/mol. The molecule has 4 unspecified atom stereocenters. The molecule has 24 heavy (non-hydrogen) atoms. The van der Waals surface area contributed by atoms with Gasteiger partial charge in [0.1, 0.15) is 30.7 Å². The fraction of sp³-hybridized carbons (Fsp3) is 0.545. The number of hydrogen-bond acceptors (Lipinski definition) is 9. The van der Waals surface area contributed by atoms with Gasteiger partial charge in [0.25, 0.3) is 0 Å². The number of rotatable bonds is 5. The molecule has 0 aromatic carbocycles. The second kappa shape index (κ2) is 6.33. The molecule has 3 rings (SSSR count). The van der Waals surface area contributed by atoms with E-state index in [4.69, 9.17) is 25.0 Å². The van der Waals surface area contributed by atoms with Gasteiger partial charge in [-0.2, -0.15) is 9.61 Å². The SMILES string of the molecule is COC1C(c2cnn3c(N)ncnc23)OC(COP(=O)(O)O)C1O. The zero-order valence-electron chi connectivity index (χ0n) is 12.5. The lowest BCUT2D eigenvalue weighted by Crippen LogP contribution is -2.34. The highest BCUT2D eigenvalue weighted by molar-refractivity contribution is 7.46. The highest BCUT2D eigenvalue weighted by Crippen LogP contribution is 2.40. The number of aliphatic hydroxyl groups excluding tert-OH is 1. The van der Waals surface area contributed by atoms with E-state index < -0.39 is 38.8 Å². The zero-order chi connectivity index (χ0) is 17.5. The lowest BCUT2D eigenvalue weighted by atomic mass is 10.0. The molecule has 13 heteroatoms. The third-order valence-electron chi connectivity index (χ3n) is 3.68. The van der Waals surface area contributed by atoms with Crippen LogP contribution >= 0.6 is 7.82 Å². The summed E-state index contributed by atoms with van der Waals surface area (Å²) in [4.78, 5) is 25.5. The number of methoxy groups -OCH3 is 1. The Morgan fingerprint density at radius 1 is 1.46 bits per heavy atom. The first-order chi connectivity index (χ1) is 11.3. The van der Waals surface area contributed by atoms with Crippen LogP contribution in [0.5, 0.6) is 0 Å². The van der Waals surface area contributed by atoms with Crippen molar-refractivity contribution in [2.24, 2.45) is 0 Å². The lowest BCUT2D eigenvalue weighted by molar-refractivity contribution is -0.0225. The van der Waals surface area contributed by atoms with Gasteiger partial charge in [-0.15, -0.1) is 0 Å². The molecule has 1 aliphatic rings. The highest BCUT2D eigenvalue weighted by Gasteiger charge is 2.46. The number of phosphoric acid groups is 1. The number of nitrogen functional groups attached to an aromatic ring is 1. The summed E-state index contributed by atoms with van der Waals surface area (Å²) in [6.45, 7) is -0.502. The average molecular weight is 361 g/mol. The Bertz CT molecular complexity index is 779. The molecule has 0 saturated carbocycles. The summed E-state index contributed by atoms with van der Waals surface area (Å²) >= 11 is 0. The molecule has 0 aliphatic carbocycles. The standard InChI is InChI=1S/C11H16N5O7P/c1-21-9-7(17)6(3-22-24(18,19)20)23-8(9)5-2-15-16-10(5)13-4-14-11(16)12/h2,4,6-9,17H,3H2,1H3,(H2,12,13,14)(H2,18,19,20). The first-order valence-electron chi connectivity index (χ1n) is 6.82. The van der Waals surface area contributed by atoms with E-state index in [1.54, 1.807) is 0 Å². The van der Waals surface area contributed by atoms with Gasteiger partial charge in [0, 0.05) is 12.7 Å². The normalized spacial score (nSPS) is 27.8. The molecule has 2 aromatic heterocycles. The molecule has 3 heterocycles. The second-order valence-corrected chi connectivity index (χ2v) is 6.38. The van der Waals surface area contributed by atoms with Gasteiger partial charge in [-0.05, 0) is 0 Å². The predicted molar refractivity (Wildman–Crippen MR) is 77.6 cm³/mol. The number of aliphatic hydroxyl groups is 1. The largest absolute Gasteiger partial charge is 0.469 e. The zero-order valence-corrected chi connectivity index (χ0v) is 13.4. The van der Waals surface area contributed by atoms with Crippen LogP contribution in [0.25, 0.3) is 5.65 Å². The van der Waals surface area contributed by atoms with E-state index in [9.17, 15) is 9.67 Å². The van der Waals surface area contributed by atoms with Crippen molar-refractivity contribution < 1.29 is 33.5 Å². The van der Waals surface area contributed by atoms with Crippen molar-refractivity contribution in [3.63, 3.8) is 0 Å². The fourth-order valence-electron chi connectivity index (χ4n) is 2.61. The molecule has 4 atom stereocenters. The van der Waals surface area contributed by atoms with Crippen LogP contribution in [0.2, 0.25) is 0 Å². The quantitative estimate of drug-likeness (QED) is 0.462. The van der Waals surface area contributed by atoms with E-state index in [1.165, 1.54) is 24.1 Å². The predicted octanol–water partition coefficient (Wildman–Crippen LogP) is -1.37. The lowest BCUT2D eigenvalue weighted by Gasteiger charge is -2.17. The molecule has 0 bridgehead atoms. The van der Waals surface area contributed by atoms with Gasteiger partial charge in [0.15, 0.2) is 5.65 Å². The Hall–Kier alpha value is -1.66. The third kappa shape index (κ3) is 3.13. The van der Waals surface area contributed by atoms with Crippen molar-refractivity contribution >= 4 is 19.4 Å². The summed E-state index contributed by atoms with van der Waals surface area (Å²) in [5.74, 6) is 0.125. The minimum Gasteiger partial charge on any atom is -0.387 e. The van der Waals surface area contributed by atoms with Crippen LogP contribution in [-0.4, -0.2) is 66.5 Å². The van der Waals surface area contributed by atoms with Crippen molar-refractivity contribution in [3.8, 4) is 0 Å². The van der Waals surface area contributed by atoms with Crippen molar-refractivity contribution in [3.05, 3.63) is 18.1 Å². The van der Waals surface area contributed by atoms with Crippen LogP contribution in [0.3, 0.4) is 0 Å². The fourth-order valence-corrected chi connectivity index (χ4v) is 2.95. The molecule has 132 valence electrons. The van der Waals surface area contributed by atoms with Crippen LogP contribution < -0.4 is 5.73 Å². The van der Waals surface area contributed by atoms with Crippen LogP contribution in [0, 0.1) is 0 Å². The Balaban J connectivity index is 1.89. The Morgan fingerprint density at radius 2 is 2.21 bits per heavy atom. The summed E-state index contributed by atoms with van der Waals surface area (Å²) < 4.78 is 27.5. The maximum atomic E-state index is 10.8. The molecule has 0 amide bonds. The molecule has 5 N–H and O–H groups in total. The molecular weight excluding hydrogens is 345 g/mol. The minimum atomic E-state index is -4.68. The van der Waals surface area contributed by atoms with Crippen LogP contribution in [0.4, 0.5) is 5.95 Å². The molecule has 12 nitrogen and oxygen atoms in total. The number of ether oxygens (including phenoxy) is 2. The number of aromatic nitrogens is 4. The molecule has 0 spiro atoms. The average Bonchev–Trinajstić information content (AvgIpc) is 3.06. The first kappa shape index (κ1) is 17.2. The molecular formula is C11H16N5O7P. The highest BCUT2D eigenvalue weighted by atomic mass is 31.2. The summed E-state index contributed by atoms with van der Waals surface area (Å²) in [7, 11) is -3.30. The summed E-state index contributed by atoms with van der Waals surface area (Å²) in [6.07, 6.45) is -1.03. The Labute approximate surface area is 135 Å². The van der Waals surface area contributed by atoms with Crippen molar-refractivity contribution in [1.82, 2.24) is 19.6 Å². The van der Waals surface area contributed by atoms with E-state index >= 15 is 0 Å². The minimum absolute atomic E-state index is 0.125. The van der Waals surface area contributed by atoms with E-state index in [-0.39, 0.29) is 5.95 Å². The third-order valence-corrected chi connectivity index (χ3v) is 4.17. The number of phosphoric ester groups is 1. The summed E-state index contributed by atoms with van der Waals surface area (Å²) in [5, 5.41) is 14.3. The maximum absolute atomic E-state index is 10.8.